The van der Waals surface area contributed by atoms with Crippen molar-refractivity contribution in [2.24, 2.45) is 0 Å². The molecule has 1 heterocycles. The van der Waals surface area contributed by atoms with Gasteiger partial charge in [0.05, 0.1) is 20.8 Å². The number of rotatable bonds is 6. The highest BCUT2D eigenvalue weighted by molar-refractivity contribution is 7.92. The number of halogens is 1. The molecule has 0 unspecified atom stereocenters. The van der Waals surface area contributed by atoms with E-state index in [1.165, 1.54) is 39.9 Å². The van der Waals surface area contributed by atoms with Gasteiger partial charge in [-0.3, -0.25) is 14.4 Å². The number of benzene rings is 3. The SMILES string of the molecule is CCN(c1ccccc1)S(=O)(=O)c1ccc(C(=O)Nc2nc3c(C)c(Cl)ccc3s2)cc1. The van der Waals surface area contributed by atoms with Gasteiger partial charge < -0.3 is 0 Å². The number of aryl methyl sites for hydroxylation is 1. The summed E-state index contributed by atoms with van der Waals surface area (Å²) in [5, 5.41) is 3.85. The van der Waals surface area contributed by atoms with Crippen LogP contribution in [0.3, 0.4) is 0 Å². The lowest BCUT2D eigenvalue weighted by Gasteiger charge is -2.22. The highest BCUT2D eigenvalue weighted by Crippen LogP contribution is 2.32. The molecule has 32 heavy (non-hydrogen) atoms. The van der Waals surface area contributed by atoms with Crippen molar-refractivity contribution < 1.29 is 13.2 Å². The molecule has 6 nitrogen and oxygen atoms in total. The normalized spacial score (nSPS) is 11.5. The van der Waals surface area contributed by atoms with Crippen LogP contribution in [-0.4, -0.2) is 25.9 Å². The Balaban J connectivity index is 1.55. The number of fused-ring (bicyclic) bond motifs is 1. The summed E-state index contributed by atoms with van der Waals surface area (Å²) in [6.45, 7) is 3.94. The van der Waals surface area contributed by atoms with Crippen LogP contribution in [0.4, 0.5) is 10.8 Å². The average Bonchev–Trinajstić information content (AvgIpc) is 3.21. The van der Waals surface area contributed by atoms with Gasteiger partial charge in [-0.05, 0) is 67.9 Å². The maximum Gasteiger partial charge on any atom is 0.264 e. The molecule has 164 valence electrons. The minimum absolute atomic E-state index is 0.116. The summed E-state index contributed by atoms with van der Waals surface area (Å²) >= 11 is 7.50. The molecule has 0 saturated heterocycles. The topological polar surface area (TPSA) is 79.4 Å². The third-order valence-corrected chi connectivity index (χ3v) is 8.27. The first-order chi connectivity index (χ1) is 15.3. The van der Waals surface area contributed by atoms with Crippen molar-refractivity contribution in [2.45, 2.75) is 18.7 Å². The van der Waals surface area contributed by atoms with Crippen LogP contribution in [0.15, 0.2) is 71.6 Å². The number of sulfonamides is 1. The van der Waals surface area contributed by atoms with Crippen LogP contribution in [0.2, 0.25) is 5.02 Å². The van der Waals surface area contributed by atoms with E-state index in [0.717, 1.165) is 15.8 Å². The molecule has 0 saturated carbocycles. The van der Waals surface area contributed by atoms with Crippen molar-refractivity contribution >= 4 is 59.9 Å². The Kier molecular flexibility index (Phi) is 6.19. The number of nitrogens with one attached hydrogen (secondary N) is 1. The molecule has 1 N–H and O–H groups in total. The summed E-state index contributed by atoms with van der Waals surface area (Å²) in [5.74, 6) is -0.368. The average molecular weight is 486 g/mol. The fraction of sp³-hybridized carbons (Fsp3) is 0.130. The van der Waals surface area contributed by atoms with Crippen molar-refractivity contribution in [2.75, 3.05) is 16.2 Å². The number of amides is 1. The Morgan fingerprint density at radius 3 is 2.41 bits per heavy atom. The van der Waals surface area contributed by atoms with E-state index in [9.17, 15) is 13.2 Å². The van der Waals surface area contributed by atoms with Crippen molar-refractivity contribution in [1.29, 1.82) is 0 Å². The molecular weight excluding hydrogens is 466 g/mol. The summed E-state index contributed by atoms with van der Waals surface area (Å²) in [6.07, 6.45) is 0. The van der Waals surface area contributed by atoms with E-state index in [1.807, 2.05) is 19.1 Å². The largest absolute Gasteiger partial charge is 0.298 e. The number of carbonyl (C=O) groups excluding carboxylic acids is 1. The molecule has 0 spiro atoms. The number of carbonyl (C=O) groups is 1. The Morgan fingerprint density at radius 1 is 1.06 bits per heavy atom. The first-order valence-corrected chi connectivity index (χ1v) is 12.5. The monoisotopic (exact) mass is 485 g/mol. The zero-order chi connectivity index (χ0) is 22.9. The Hall–Kier alpha value is -2.94. The third kappa shape index (κ3) is 4.21. The van der Waals surface area contributed by atoms with Crippen LogP contribution in [0, 0.1) is 6.92 Å². The molecule has 4 aromatic rings. The van der Waals surface area contributed by atoms with Gasteiger partial charge in [0.15, 0.2) is 5.13 Å². The molecule has 4 rings (SSSR count). The quantitative estimate of drug-likeness (QED) is 0.378. The second kappa shape index (κ2) is 8.90. The van der Waals surface area contributed by atoms with Gasteiger partial charge in [0.2, 0.25) is 0 Å². The number of aromatic nitrogens is 1. The number of para-hydroxylation sites is 1. The molecule has 0 aliphatic carbocycles. The Bertz CT molecular complexity index is 1390. The van der Waals surface area contributed by atoms with Gasteiger partial charge in [0.1, 0.15) is 0 Å². The standard InChI is InChI=1S/C23H20ClN3O3S2/c1-3-27(17-7-5-4-6-8-17)32(29,30)18-11-9-16(10-12-18)22(28)26-23-25-21-15(2)19(24)13-14-20(21)31-23/h4-14H,3H2,1-2H3,(H,25,26,28). The summed E-state index contributed by atoms with van der Waals surface area (Å²) in [6, 6.07) is 18.4. The van der Waals surface area contributed by atoms with Gasteiger partial charge in [-0.15, -0.1) is 0 Å². The van der Waals surface area contributed by atoms with E-state index in [1.54, 1.807) is 37.3 Å². The van der Waals surface area contributed by atoms with Crippen LogP contribution < -0.4 is 9.62 Å². The molecule has 0 aliphatic rings. The first-order valence-electron chi connectivity index (χ1n) is 9.86. The fourth-order valence-corrected chi connectivity index (χ4v) is 5.86. The minimum Gasteiger partial charge on any atom is -0.298 e. The fourth-order valence-electron chi connectivity index (χ4n) is 3.31. The number of thiazole rings is 1. The van der Waals surface area contributed by atoms with E-state index in [4.69, 9.17) is 11.6 Å². The van der Waals surface area contributed by atoms with Crippen LogP contribution in [0.5, 0.6) is 0 Å². The van der Waals surface area contributed by atoms with Crippen LogP contribution >= 0.6 is 22.9 Å². The van der Waals surface area contributed by atoms with Crippen molar-refractivity contribution in [3.63, 3.8) is 0 Å². The first kappa shape index (κ1) is 22.3. The maximum atomic E-state index is 13.1. The van der Waals surface area contributed by atoms with Gasteiger partial charge in [-0.1, -0.05) is 41.1 Å². The zero-order valence-corrected chi connectivity index (χ0v) is 19.8. The molecule has 3 aromatic carbocycles. The van der Waals surface area contributed by atoms with E-state index >= 15 is 0 Å². The molecule has 0 fully saturated rings. The second-order valence-electron chi connectivity index (χ2n) is 7.02. The van der Waals surface area contributed by atoms with Crippen molar-refractivity contribution in [3.05, 3.63) is 82.9 Å². The summed E-state index contributed by atoms with van der Waals surface area (Å²) < 4.78 is 28.5. The zero-order valence-electron chi connectivity index (χ0n) is 17.4. The molecular formula is C23H20ClN3O3S2. The number of hydrogen-bond donors (Lipinski definition) is 1. The maximum absolute atomic E-state index is 13.1. The summed E-state index contributed by atoms with van der Waals surface area (Å²) in [4.78, 5) is 17.3. The van der Waals surface area contributed by atoms with Gasteiger partial charge in [-0.25, -0.2) is 13.4 Å². The van der Waals surface area contributed by atoms with Crippen LogP contribution in [0.1, 0.15) is 22.8 Å². The predicted molar refractivity (Wildman–Crippen MR) is 130 cm³/mol. The second-order valence-corrected chi connectivity index (χ2v) is 10.3. The smallest absolute Gasteiger partial charge is 0.264 e. The Labute approximate surface area is 195 Å². The van der Waals surface area contributed by atoms with Gasteiger partial charge >= 0.3 is 0 Å². The van der Waals surface area contributed by atoms with Crippen molar-refractivity contribution in [1.82, 2.24) is 4.98 Å². The van der Waals surface area contributed by atoms with E-state index in [-0.39, 0.29) is 17.3 Å². The number of hydrogen-bond acceptors (Lipinski definition) is 5. The Morgan fingerprint density at radius 2 is 1.75 bits per heavy atom. The van der Waals surface area contributed by atoms with E-state index in [2.05, 4.69) is 10.3 Å². The van der Waals surface area contributed by atoms with Gasteiger partial charge in [0, 0.05) is 17.1 Å². The molecule has 0 bridgehead atoms. The van der Waals surface area contributed by atoms with E-state index in [0.29, 0.717) is 21.4 Å². The molecule has 1 aromatic heterocycles. The molecule has 0 aliphatic heterocycles. The lowest BCUT2D eigenvalue weighted by molar-refractivity contribution is 0.102. The lowest BCUT2D eigenvalue weighted by atomic mass is 10.2. The molecule has 9 heteroatoms. The minimum atomic E-state index is -3.75. The summed E-state index contributed by atoms with van der Waals surface area (Å²) in [5.41, 5.74) is 2.53. The number of anilines is 2. The predicted octanol–water partition coefficient (Wildman–Crippen LogP) is 5.73. The lowest BCUT2D eigenvalue weighted by Crippen LogP contribution is -2.30. The van der Waals surface area contributed by atoms with Gasteiger partial charge in [0.25, 0.3) is 15.9 Å². The van der Waals surface area contributed by atoms with E-state index < -0.39 is 10.0 Å². The summed E-state index contributed by atoms with van der Waals surface area (Å²) in [7, 11) is -3.75. The molecule has 1 amide bonds. The third-order valence-electron chi connectivity index (χ3n) is 5.00. The highest BCUT2D eigenvalue weighted by atomic mass is 35.5. The highest BCUT2D eigenvalue weighted by Gasteiger charge is 2.24. The van der Waals surface area contributed by atoms with Gasteiger partial charge in [-0.2, -0.15) is 0 Å². The van der Waals surface area contributed by atoms with Crippen LogP contribution in [0.25, 0.3) is 10.2 Å². The molecule has 0 atom stereocenters. The van der Waals surface area contributed by atoms with Crippen molar-refractivity contribution in [3.8, 4) is 0 Å². The molecule has 0 radical (unpaired) electrons. The number of nitrogens with zero attached hydrogens (tertiary/aromatic N) is 2. The van der Waals surface area contributed by atoms with Crippen LogP contribution in [-0.2, 0) is 10.0 Å².